The Kier molecular flexibility index (Phi) is 7.14. The molecular weight excluding hydrogens is 414 g/mol. The zero-order valence-corrected chi connectivity index (χ0v) is 19.4. The van der Waals surface area contributed by atoms with Crippen LogP contribution in [0.1, 0.15) is 43.9 Å². The number of hydrogen-bond donors (Lipinski definition) is 0. The fraction of sp³-hybridized carbons (Fsp3) is 0.542. The standard InChI is InChI=1S/C24H31N3OS.ClH/c1-2-19-6-5-7-21-22(16-27(23(19)21)14-18-8-12-28-13-9-18)24-25-20(17-29-24)15-26-10-3-4-11-26;/h5-7,16-18H,2-4,8-15H2,1H3;1H. The van der Waals surface area contributed by atoms with Crippen molar-refractivity contribution in [2.24, 2.45) is 5.92 Å². The van der Waals surface area contributed by atoms with Crippen molar-refractivity contribution < 1.29 is 4.74 Å². The third kappa shape index (κ3) is 4.45. The second-order valence-electron chi connectivity index (χ2n) is 8.54. The molecule has 2 aliphatic heterocycles. The van der Waals surface area contributed by atoms with E-state index in [9.17, 15) is 0 Å². The lowest BCUT2D eigenvalue weighted by atomic mass is 10.00. The van der Waals surface area contributed by atoms with Gasteiger partial charge in [-0.3, -0.25) is 4.90 Å². The Balaban J connectivity index is 0.00000218. The molecule has 3 aromatic rings. The van der Waals surface area contributed by atoms with Gasteiger partial charge in [-0.2, -0.15) is 0 Å². The van der Waals surface area contributed by atoms with Crippen molar-refractivity contribution >= 4 is 34.6 Å². The highest BCUT2D eigenvalue weighted by atomic mass is 35.5. The van der Waals surface area contributed by atoms with E-state index in [1.807, 2.05) is 0 Å². The van der Waals surface area contributed by atoms with Gasteiger partial charge in [0.1, 0.15) is 5.01 Å². The van der Waals surface area contributed by atoms with Crippen LogP contribution in [0.3, 0.4) is 0 Å². The number of aryl methyl sites for hydroxylation is 1. The van der Waals surface area contributed by atoms with Crippen molar-refractivity contribution in [1.82, 2.24) is 14.5 Å². The number of para-hydroxylation sites is 1. The van der Waals surface area contributed by atoms with Crippen molar-refractivity contribution in [3.05, 3.63) is 41.0 Å². The lowest BCUT2D eigenvalue weighted by Crippen LogP contribution is -2.20. The molecule has 0 radical (unpaired) electrons. The number of ether oxygens (including phenoxy) is 1. The maximum Gasteiger partial charge on any atom is 0.125 e. The van der Waals surface area contributed by atoms with Gasteiger partial charge in [0, 0.05) is 48.8 Å². The van der Waals surface area contributed by atoms with Gasteiger partial charge in [-0.15, -0.1) is 23.7 Å². The van der Waals surface area contributed by atoms with Crippen molar-refractivity contribution in [1.29, 1.82) is 0 Å². The van der Waals surface area contributed by atoms with Gasteiger partial charge in [0.25, 0.3) is 0 Å². The predicted molar refractivity (Wildman–Crippen MR) is 128 cm³/mol. The van der Waals surface area contributed by atoms with Crippen molar-refractivity contribution in [2.75, 3.05) is 26.3 Å². The fourth-order valence-electron chi connectivity index (χ4n) is 4.92. The van der Waals surface area contributed by atoms with Gasteiger partial charge in [0.2, 0.25) is 0 Å². The van der Waals surface area contributed by atoms with Crippen molar-refractivity contribution in [3.8, 4) is 10.6 Å². The molecule has 2 aliphatic rings. The molecule has 0 spiro atoms. The number of benzene rings is 1. The third-order valence-electron chi connectivity index (χ3n) is 6.53. The molecule has 30 heavy (non-hydrogen) atoms. The van der Waals surface area contributed by atoms with Crippen LogP contribution in [0, 0.1) is 5.92 Å². The molecule has 162 valence electrons. The second kappa shape index (κ2) is 9.82. The summed E-state index contributed by atoms with van der Waals surface area (Å²) in [6.07, 6.45) is 8.43. The average molecular weight is 446 g/mol. The number of rotatable bonds is 6. The molecule has 6 heteroatoms. The van der Waals surface area contributed by atoms with Crippen LogP contribution in [0.2, 0.25) is 0 Å². The van der Waals surface area contributed by atoms with Crippen molar-refractivity contribution in [3.63, 3.8) is 0 Å². The molecule has 0 aliphatic carbocycles. The summed E-state index contributed by atoms with van der Waals surface area (Å²) in [4.78, 5) is 7.58. The van der Waals surface area contributed by atoms with E-state index in [0.717, 1.165) is 32.7 Å². The number of thiazole rings is 1. The van der Waals surface area contributed by atoms with E-state index in [0.29, 0.717) is 5.92 Å². The zero-order chi connectivity index (χ0) is 19.6. The number of aromatic nitrogens is 2. The largest absolute Gasteiger partial charge is 0.381 e. The van der Waals surface area contributed by atoms with Gasteiger partial charge in [0.05, 0.1) is 11.2 Å². The van der Waals surface area contributed by atoms with Gasteiger partial charge in [0.15, 0.2) is 0 Å². The summed E-state index contributed by atoms with van der Waals surface area (Å²) in [5.41, 5.74) is 5.38. The zero-order valence-electron chi connectivity index (χ0n) is 17.8. The molecule has 2 aromatic heterocycles. The molecule has 2 fully saturated rings. The lowest BCUT2D eigenvalue weighted by molar-refractivity contribution is 0.0616. The molecule has 0 amide bonds. The first-order valence-corrected chi connectivity index (χ1v) is 12.1. The Morgan fingerprint density at radius 1 is 1.17 bits per heavy atom. The van der Waals surface area contributed by atoms with Crippen LogP contribution in [0.4, 0.5) is 0 Å². The Bertz CT molecular complexity index is 970. The quantitative estimate of drug-likeness (QED) is 0.482. The minimum Gasteiger partial charge on any atom is -0.381 e. The first-order valence-electron chi connectivity index (χ1n) is 11.2. The summed E-state index contributed by atoms with van der Waals surface area (Å²) in [6, 6.07) is 6.78. The number of nitrogens with zero attached hydrogens (tertiary/aromatic N) is 3. The van der Waals surface area contributed by atoms with Crippen LogP contribution in [-0.4, -0.2) is 40.8 Å². The number of fused-ring (bicyclic) bond motifs is 1. The van der Waals surface area contributed by atoms with Crippen LogP contribution < -0.4 is 0 Å². The van der Waals surface area contributed by atoms with E-state index in [-0.39, 0.29) is 12.4 Å². The number of halogens is 1. The van der Waals surface area contributed by atoms with Gasteiger partial charge in [-0.1, -0.05) is 25.1 Å². The van der Waals surface area contributed by atoms with Gasteiger partial charge >= 0.3 is 0 Å². The lowest BCUT2D eigenvalue weighted by Gasteiger charge is -2.23. The van der Waals surface area contributed by atoms with Crippen LogP contribution >= 0.6 is 23.7 Å². The van der Waals surface area contributed by atoms with E-state index in [2.05, 4.69) is 46.2 Å². The molecule has 0 atom stereocenters. The van der Waals surface area contributed by atoms with Crippen molar-refractivity contribution in [2.45, 2.75) is 52.1 Å². The Morgan fingerprint density at radius 2 is 1.97 bits per heavy atom. The maximum atomic E-state index is 5.58. The van der Waals surface area contributed by atoms with E-state index in [4.69, 9.17) is 9.72 Å². The summed E-state index contributed by atoms with van der Waals surface area (Å²) in [7, 11) is 0. The van der Waals surface area contributed by atoms with Gasteiger partial charge < -0.3 is 9.30 Å². The summed E-state index contributed by atoms with van der Waals surface area (Å²) < 4.78 is 8.09. The van der Waals surface area contributed by atoms with Gasteiger partial charge in [-0.25, -0.2) is 4.98 Å². The fourth-order valence-corrected chi connectivity index (χ4v) is 5.75. The summed E-state index contributed by atoms with van der Waals surface area (Å²) in [6.45, 7) is 8.60. The van der Waals surface area contributed by atoms with E-state index in [1.165, 1.54) is 71.5 Å². The maximum absolute atomic E-state index is 5.58. The first kappa shape index (κ1) is 21.8. The molecular formula is C24H32ClN3OS. The van der Waals surface area contributed by atoms with Gasteiger partial charge in [-0.05, 0) is 56.7 Å². The third-order valence-corrected chi connectivity index (χ3v) is 7.45. The molecule has 5 rings (SSSR count). The van der Waals surface area contributed by atoms with Crippen LogP contribution in [0.5, 0.6) is 0 Å². The Labute approximate surface area is 189 Å². The summed E-state index contributed by atoms with van der Waals surface area (Å²) in [5, 5.41) is 4.79. The minimum atomic E-state index is 0. The van der Waals surface area contributed by atoms with Crippen LogP contribution in [0.15, 0.2) is 29.8 Å². The van der Waals surface area contributed by atoms with Crippen LogP contribution in [0.25, 0.3) is 21.5 Å². The SMILES string of the molecule is CCc1cccc2c(-c3nc(CN4CCCC4)cs3)cn(CC3CCOCC3)c12.Cl. The number of likely N-dealkylation sites (tertiary alicyclic amines) is 1. The topological polar surface area (TPSA) is 30.3 Å². The predicted octanol–water partition coefficient (Wildman–Crippen LogP) is 5.77. The smallest absolute Gasteiger partial charge is 0.125 e. The molecule has 0 N–H and O–H groups in total. The highest BCUT2D eigenvalue weighted by molar-refractivity contribution is 7.13. The molecule has 4 nitrogen and oxygen atoms in total. The molecule has 1 aromatic carbocycles. The molecule has 0 saturated carbocycles. The van der Waals surface area contributed by atoms with E-state index in [1.54, 1.807) is 11.3 Å². The number of hydrogen-bond acceptors (Lipinski definition) is 4. The highest BCUT2D eigenvalue weighted by Gasteiger charge is 2.20. The summed E-state index contributed by atoms with van der Waals surface area (Å²) >= 11 is 1.80. The van der Waals surface area contributed by atoms with E-state index >= 15 is 0 Å². The molecule has 4 heterocycles. The molecule has 2 saturated heterocycles. The normalized spacial score (nSPS) is 18.2. The van der Waals surface area contributed by atoms with Crippen LogP contribution in [-0.2, 0) is 24.2 Å². The molecule has 0 unspecified atom stereocenters. The highest BCUT2D eigenvalue weighted by Crippen LogP contribution is 2.36. The van der Waals surface area contributed by atoms with E-state index < -0.39 is 0 Å². The monoisotopic (exact) mass is 445 g/mol. The Morgan fingerprint density at radius 3 is 2.73 bits per heavy atom. The first-order chi connectivity index (χ1) is 14.3. The summed E-state index contributed by atoms with van der Waals surface area (Å²) in [5.74, 6) is 0.708. The second-order valence-corrected chi connectivity index (χ2v) is 9.40. The average Bonchev–Trinajstić information content (AvgIpc) is 3.50. The Hall–Kier alpha value is -1.40. The minimum absolute atomic E-state index is 0. The molecule has 0 bridgehead atoms.